The Morgan fingerprint density at radius 1 is 1.03 bits per heavy atom. The molecule has 0 aliphatic carbocycles. The number of nitrogens with two attached hydrogens (primary N) is 2. The van der Waals surface area contributed by atoms with Crippen LogP contribution in [0.1, 0.15) is 32.9 Å². The molecule has 2 aromatic carbocycles. The number of aromatic nitrogens is 1. The lowest BCUT2D eigenvalue weighted by molar-refractivity contribution is -0.137. The van der Waals surface area contributed by atoms with E-state index in [2.05, 4.69) is 0 Å². The fourth-order valence-electron chi connectivity index (χ4n) is 3.21. The molecule has 0 fully saturated rings. The number of alkyl halides is 3. The lowest BCUT2D eigenvalue weighted by Crippen LogP contribution is -2.14. The zero-order valence-corrected chi connectivity index (χ0v) is 18.6. The van der Waals surface area contributed by atoms with Gasteiger partial charge in [-0.05, 0) is 49.7 Å². The van der Waals surface area contributed by atoms with E-state index in [1.807, 2.05) is 0 Å². The van der Waals surface area contributed by atoms with Crippen LogP contribution in [0.4, 0.5) is 18.9 Å². The van der Waals surface area contributed by atoms with Crippen molar-refractivity contribution in [3.8, 4) is 5.69 Å². The number of carbonyl (C=O) groups is 1. The Hall–Kier alpha value is -3.27. The van der Waals surface area contributed by atoms with Crippen LogP contribution in [0.2, 0.25) is 0 Å². The van der Waals surface area contributed by atoms with E-state index in [4.69, 9.17) is 11.5 Å². The molecule has 0 saturated heterocycles. The summed E-state index contributed by atoms with van der Waals surface area (Å²) < 4.78 is 62.3. The van der Waals surface area contributed by atoms with Crippen LogP contribution < -0.4 is 11.5 Å². The van der Waals surface area contributed by atoms with Crippen LogP contribution in [0.3, 0.4) is 0 Å². The number of nitrogen functional groups attached to an aromatic ring is 1. The van der Waals surface area contributed by atoms with Gasteiger partial charge in [0.05, 0.1) is 22.6 Å². The molecular weight excluding hydrogens is 443 g/mol. The third-order valence-electron chi connectivity index (χ3n) is 4.56. The lowest BCUT2D eigenvalue weighted by Gasteiger charge is -2.16. The van der Waals surface area contributed by atoms with E-state index in [0.29, 0.717) is 17.1 Å². The minimum Gasteiger partial charge on any atom is -0.399 e. The van der Waals surface area contributed by atoms with Gasteiger partial charge in [0.2, 0.25) is 0 Å². The van der Waals surface area contributed by atoms with Gasteiger partial charge in [-0.15, -0.1) is 0 Å². The fourth-order valence-corrected chi connectivity index (χ4v) is 4.01. The number of aryl methyl sites for hydroxylation is 1. The van der Waals surface area contributed by atoms with Gasteiger partial charge in [0.15, 0.2) is 9.84 Å². The summed E-state index contributed by atoms with van der Waals surface area (Å²) in [6.45, 7) is 3.20. The van der Waals surface area contributed by atoms with E-state index < -0.39 is 27.5 Å². The Morgan fingerprint density at radius 2 is 1.59 bits per heavy atom. The first kappa shape index (κ1) is 25.0. The van der Waals surface area contributed by atoms with Crippen molar-refractivity contribution < 1.29 is 26.4 Å². The monoisotopic (exact) mass is 467 g/mol. The van der Waals surface area contributed by atoms with E-state index >= 15 is 0 Å². The molecule has 0 aliphatic heterocycles. The first-order chi connectivity index (χ1) is 14.7. The van der Waals surface area contributed by atoms with Crippen molar-refractivity contribution in [1.82, 2.24) is 4.57 Å². The van der Waals surface area contributed by atoms with Crippen molar-refractivity contribution >= 4 is 21.4 Å². The van der Waals surface area contributed by atoms with E-state index in [9.17, 15) is 26.4 Å². The van der Waals surface area contributed by atoms with Crippen molar-refractivity contribution in [2.45, 2.75) is 25.8 Å². The molecule has 6 nitrogen and oxygen atoms in total. The van der Waals surface area contributed by atoms with Gasteiger partial charge in [0.1, 0.15) is 0 Å². The number of carbonyl (C=O) groups excluding carboxylic acids is 1. The Morgan fingerprint density at radius 3 is 2.06 bits per heavy atom. The molecule has 10 heteroatoms. The van der Waals surface area contributed by atoms with E-state index in [-0.39, 0.29) is 17.0 Å². The zero-order valence-electron chi connectivity index (χ0n) is 17.8. The number of benzene rings is 2. The largest absolute Gasteiger partial charge is 0.418 e. The van der Waals surface area contributed by atoms with Crippen LogP contribution in [0, 0.1) is 13.8 Å². The van der Waals surface area contributed by atoms with Gasteiger partial charge < -0.3 is 16.0 Å². The molecule has 172 valence electrons. The standard InChI is InChI=1S/C14H13F3N2O.C8H11NO2S/c1-8-7-10(13(18)20)9(2)19(8)12-6-4-3-5-11(12)14(15,16)17;1-12(10,11)6-7-2-4-8(9)5-3-7/h3-7H,1-2H3,(H2,18,20);2-5H,6,9H2,1H3. The molecule has 3 aromatic rings. The van der Waals surface area contributed by atoms with Crippen LogP contribution in [0.15, 0.2) is 54.6 Å². The van der Waals surface area contributed by atoms with E-state index in [0.717, 1.165) is 11.6 Å². The number of primary amides is 1. The molecule has 0 saturated carbocycles. The van der Waals surface area contributed by atoms with Crippen molar-refractivity contribution in [2.24, 2.45) is 5.73 Å². The van der Waals surface area contributed by atoms with Gasteiger partial charge in [-0.25, -0.2) is 8.42 Å². The molecule has 0 bridgehead atoms. The molecule has 0 unspecified atom stereocenters. The van der Waals surface area contributed by atoms with Gasteiger partial charge in [0, 0.05) is 23.3 Å². The zero-order chi connectivity index (χ0) is 24.3. The molecule has 1 aromatic heterocycles. The molecule has 32 heavy (non-hydrogen) atoms. The molecular formula is C22H24F3N3O3S. The second-order valence-electron chi connectivity index (χ2n) is 7.31. The Bertz CT molecular complexity index is 1220. The Kier molecular flexibility index (Phi) is 7.40. The number of hydrogen-bond donors (Lipinski definition) is 2. The second-order valence-corrected chi connectivity index (χ2v) is 9.45. The molecule has 1 amide bonds. The average molecular weight is 468 g/mol. The summed E-state index contributed by atoms with van der Waals surface area (Å²) >= 11 is 0. The summed E-state index contributed by atoms with van der Waals surface area (Å²) in [7, 11) is -2.93. The Balaban J connectivity index is 0.000000258. The summed E-state index contributed by atoms with van der Waals surface area (Å²) in [4.78, 5) is 11.3. The molecule has 0 atom stereocenters. The van der Waals surface area contributed by atoms with E-state index in [1.54, 1.807) is 38.1 Å². The SMILES string of the molecule is CS(=O)(=O)Cc1ccc(N)cc1.Cc1cc(C(N)=O)c(C)n1-c1ccccc1C(F)(F)F. The van der Waals surface area contributed by atoms with Gasteiger partial charge >= 0.3 is 6.18 Å². The number of amides is 1. The predicted molar refractivity (Wildman–Crippen MR) is 118 cm³/mol. The fraction of sp³-hybridized carbons (Fsp3) is 0.227. The minimum absolute atomic E-state index is 0.0116. The van der Waals surface area contributed by atoms with Crippen LogP contribution in [-0.4, -0.2) is 25.1 Å². The quantitative estimate of drug-likeness (QED) is 0.565. The topological polar surface area (TPSA) is 108 Å². The maximum Gasteiger partial charge on any atom is 0.418 e. The summed E-state index contributed by atoms with van der Waals surface area (Å²) in [6.07, 6.45) is -3.25. The Labute approximate surface area is 184 Å². The maximum absolute atomic E-state index is 13.1. The van der Waals surface area contributed by atoms with Crippen LogP contribution in [-0.2, 0) is 21.8 Å². The molecule has 0 radical (unpaired) electrons. The highest BCUT2D eigenvalue weighted by Crippen LogP contribution is 2.35. The van der Waals surface area contributed by atoms with Crippen LogP contribution in [0.5, 0.6) is 0 Å². The maximum atomic E-state index is 13.1. The molecule has 4 N–H and O–H groups in total. The average Bonchev–Trinajstić information content (AvgIpc) is 2.97. The second kappa shape index (κ2) is 9.47. The highest BCUT2D eigenvalue weighted by Gasteiger charge is 2.34. The van der Waals surface area contributed by atoms with Crippen molar-refractivity contribution in [3.05, 3.63) is 82.7 Å². The number of halogens is 3. The summed E-state index contributed by atoms with van der Waals surface area (Å²) in [5.74, 6) is -0.582. The van der Waals surface area contributed by atoms with Crippen LogP contribution >= 0.6 is 0 Å². The van der Waals surface area contributed by atoms with Gasteiger partial charge in [0.25, 0.3) is 5.91 Å². The summed E-state index contributed by atoms with van der Waals surface area (Å²) in [5, 5.41) is 0. The number of anilines is 1. The van der Waals surface area contributed by atoms with Gasteiger partial charge in [-0.1, -0.05) is 24.3 Å². The minimum atomic E-state index is -4.47. The molecule has 0 aliphatic rings. The van der Waals surface area contributed by atoms with Crippen molar-refractivity contribution in [3.63, 3.8) is 0 Å². The molecule has 0 spiro atoms. The van der Waals surface area contributed by atoms with Gasteiger partial charge in [-0.2, -0.15) is 13.2 Å². The summed E-state index contributed by atoms with van der Waals surface area (Å²) in [6, 6.07) is 13.5. The highest BCUT2D eigenvalue weighted by atomic mass is 32.2. The first-order valence-electron chi connectivity index (χ1n) is 9.38. The smallest absolute Gasteiger partial charge is 0.399 e. The third kappa shape index (κ3) is 6.36. The first-order valence-corrected chi connectivity index (χ1v) is 11.4. The molecule has 3 rings (SSSR count). The van der Waals surface area contributed by atoms with Crippen molar-refractivity contribution in [1.29, 1.82) is 0 Å². The number of rotatable bonds is 4. The third-order valence-corrected chi connectivity index (χ3v) is 5.41. The number of para-hydroxylation sites is 1. The summed E-state index contributed by atoms with van der Waals surface area (Å²) in [5.41, 5.74) is 12.5. The van der Waals surface area contributed by atoms with Gasteiger partial charge in [-0.3, -0.25) is 4.79 Å². The lowest BCUT2D eigenvalue weighted by atomic mass is 10.1. The predicted octanol–water partition coefficient (Wildman–Crippen LogP) is 4.03. The highest BCUT2D eigenvalue weighted by molar-refractivity contribution is 7.89. The molecule has 1 heterocycles. The van der Waals surface area contributed by atoms with Crippen LogP contribution in [0.25, 0.3) is 5.69 Å². The van der Waals surface area contributed by atoms with Crippen molar-refractivity contribution in [2.75, 3.05) is 12.0 Å². The van der Waals surface area contributed by atoms with E-state index in [1.165, 1.54) is 35.1 Å². The number of nitrogens with zero attached hydrogens (tertiary/aromatic N) is 1. The number of sulfone groups is 1. The number of hydrogen-bond acceptors (Lipinski definition) is 4. The normalized spacial score (nSPS) is 11.6.